The number of carbonyl (C=O) groups excluding carboxylic acids is 2. The van der Waals surface area contributed by atoms with Gasteiger partial charge in [0.05, 0.1) is 17.7 Å². The summed E-state index contributed by atoms with van der Waals surface area (Å²) < 4.78 is 0. The van der Waals surface area contributed by atoms with E-state index in [-0.39, 0.29) is 29.7 Å². The number of aryl methyl sites for hydroxylation is 1. The quantitative estimate of drug-likeness (QED) is 0.850. The van der Waals surface area contributed by atoms with Crippen LogP contribution in [0.4, 0.5) is 0 Å². The average molecular weight is 267 g/mol. The number of phenolic OH excluding ortho intramolecular Hbond substituents is 1. The smallest absolute Gasteiger partial charge is 0.262 e. The van der Waals surface area contributed by atoms with Gasteiger partial charge in [-0.05, 0) is 30.7 Å². The van der Waals surface area contributed by atoms with Crippen LogP contribution in [0.2, 0.25) is 0 Å². The molecular weight excluding hydrogens is 254 g/mol. The van der Waals surface area contributed by atoms with Crippen LogP contribution in [0.3, 0.4) is 0 Å². The lowest BCUT2D eigenvalue weighted by Gasteiger charge is -2.13. The highest BCUT2D eigenvalue weighted by atomic mass is 16.3. The van der Waals surface area contributed by atoms with Crippen molar-refractivity contribution in [2.45, 2.75) is 13.5 Å². The Morgan fingerprint density at radius 3 is 2.30 bits per heavy atom. The van der Waals surface area contributed by atoms with Crippen LogP contribution >= 0.6 is 0 Å². The summed E-state index contributed by atoms with van der Waals surface area (Å²) in [6.45, 7) is 2.22. The summed E-state index contributed by atoms with van der Waals surface area (Å²) in [5.41, 5.74) is 2.64. The molecule has 0 bridgehead atoms. The largest absolute Gasteiger partial charge is 0.508 e. The number of carbonyl (C=O) groups is 2. The second kappa shape index (κ2) is 4.49. The minimum Gasteiger partial charge on any atom is -0.508 e. The molecule has 1 heterocycles. The van der Waals surface area contributed by atoms with Gasteiger partial charge in [-0.1, -0.05) is 29.8 Å². The Hall–Kier alpha value is -2.62. The summed E-state index contributed by atoms with van der Waals surface area (Å²) in [4.78, 5) is 25.6. The molecule has 0 saturated heterocycles. The molecule has 0 aliphatic carbocycles. The Labute approximate surface area is 116 Å². The number of imide groups is 1. The van der Waals surface area contributed by atoms with E-state index in [1.54, 1.807) is 0 Å². The molecule has 0 aromatic heterocycles. The van der Waals surface area contributed by atoms with Crippen molar-refractivity contribution in [2.24, 2.45) is 0 Å². The normalized spacial score (nSPS) is 13.8. The van der Waals surface area contributed by atoms with Crippen LogP contribution in [0.15, 0.2) is 42.5 Å². The molecule has 0 radical (unpaired) electrons. The lowest BCUT2D eigenvalue weighted by molar-refractivity contribution is 0.0642. The van der Waals surface area contributed by atoms with Crippen molar-refractivity contribution in [1.29, 1.82) is 0 Å². The van der Waals surface area contributed by atoms with Gasteiger partial charge in [0.25, 0.3) is 11.8 Å². The fraction of sp³-hybridized carbons (Fsp3) is 0.125. The van der Waals surface area contributed by atoms with Gasteiger partial charge in [-0.2, -0.15) is 0 Å². The van der Waals surface area contributed by atoms with Crippen LogP contribution in [0.25, 0.3) is 0 Å². The Morgan fingerprint density at radius 2 is 1.60 bits per heavy atom. The molecule has 1 aliphatic rings. The van der Waals surface area contributed by atoms with E-state index in [0.29, 0.717) is 5.56 Å². The summed E-state index contributed by atoms with van der Waals surface area (Å²) in [6.07, 6.45) is 0. The van der Waals surface area contributed by atoms with E-state index in [0.717, 1.165) is 11.1 Å². The first-order valence-corrected chi connectivity index (χ1v) is 6.31. The predicted molar refractivity (Wildman–Crippen MR) is 73.5 cm³/mol. The predicted octanol–water partition coefficient (Wildman–Crippen LogP) is 2.50. The molecule has 1 N–H and O–H groups in total. The third-order valence-electron chi connectivity index (χ3n) is 3.42. The third kappa shape index (κ3) is 1.95. The molecule has 2 amide bonds. The van der Waals surface area contributed by atoms with Gasteiger partial charge in [0.2, 0.25) is 0 Å². The molecule has 1 aliphatic heterocycles. The standard InChI is InChI=1S/C16H13NO3/c1-10-2-4-11(5-3-10)9-17-15(19)13-7-6-12(18)8-14(13)16(17)20/h2-8,18H,9H2,1H3. The fourth-order valence-corrected chi connectivity index (χ4v) is 2.30. The number of hydrogen-bond donors (Lipinski definition) is 1. The van der Waals surface area contributed by atoms with Gasteiger partial charge in [-0.3, -0.25) is 14.5 Å². The minimum atomic E-state index is -0.360. The first kappa shape index (κ1) is 12.4. The maximum Gasteiger partial charge on any atom is 0.262 e. The van der Waals surface area contributed by atoms with E-state index in [4.69, 9.17) is 0 Å². The maximum atomic E-state index is 12.2. The van der Waals surface area contributed by atoms with E-state index in [2.05, 4.69) is 0 Å². The molecule has 3 rings (SSSR count). The van der Waals surface area contributed by atoms with Gasteiger partial charge in [-0.15, -0.1) is 0 Å². The molecule has 2 aromatic rings. The number of hydrogen-bond acceptors (Lipinski definition) is 3. The van der Waals surface area contributed by atoms with Crippen LogP contribution in [0, 0.1) is 6.92 Å². The van der Waals surface area contributed by atoms with E-state index < -0.39 is 0 Å². The van der Waals surface area contributed by atoms with Crippen LogP contribution in [0.5, 0.6) is 5.75 Å². The van der Waals surface area contributed by atoms with E-state index >= 15 is 0 Å². The second-order valence-corrected chi connectivity index (χ2v) is 4.91. The molecule has 0 atom stereocenters. The first-order chi connectivity index (χ1) is 9.56. The molecule has 0 spiro atoms. The summed E-state index contributed by atoms with van der Waals surface area (Å²) in [5.74, 6) is -0.686. The molecule has 20 heavy (non-hydrogen) atoms. The lowest BCUT2D eigenvalue weighted by Crippen LogP contribution is -2.29. The highest BCUT2D eigenvalue weighted by Gasteiger charge is 2.35. The van der Waals surface area contributed by atoms with Gasteiger partial charge in [0.15, 0.2) is 0 Å². The molecular formula is C16H13NO3. The number of aromatic hydroxyl groups is 1. The Bertz CT molecular complexity index is 704. The number of rotatable bonds is 2. The monoisotopic (exact) mass is 267 g/mol. The van der Waals surface area contributed by atoms with Crippen molar-refractivity contribution >= 4 is 11.8 Å². The van der Waals surface area contributed by atoms with Crippen molar-refractivity contribution < 1.29 is 14.7 Å². The van der Waals surface area contributed by atoms with Gasteiger partial charge in [-0.25, -0.2) is 0 Å². The Balaban J connectivity index is 1.91. The van der Waals surface area contributed by atoms with Crippen molar-refractivity contribution in [1.82, 2.24) is 4.90 Å². The molecule has 0 fully saturated rings. The van der Waals surface area contributed by atoms with E-state index in [9.17, 15) is 14.7 Å². The molecule has 4 nitrogen and oxygen atoms in total. The summed E-state index contributed by atoms with van der Waals surface area (Å²) >= 11 is 0. The van der Waals surface area contributed by atoms with Gasteiger partial charge >= 0.3 is 0 Å². The van der Waals surface area contributed by atoms with Crippen LogP contribution in [-0.4, -0.2) is 21.8 Å². The minimum absolute atomic E-state index is 0.0120. The summed E-state index contributed by atoms with van der Waals surface area (Å²) in [7, 11) is 0. The fourth-order valence-electron chi connectivity index (χ4n) is 2.30. The van der Waals surface area contributed by atoms with Crippen molar-refractivity contribution in [3.63, 3.8) is 0 Å². The van der Waals surface area contributed by atoms with Gasteiger partial charge in [0.1, 0.15) is 5.75 Å². The van der Waals surface area contributed by atoms with E-state index in [1.165, 1.54) is 23.1 Å². The van der Waals surface area contributed by atoms with Crippen molar-refractivity contribution in [3.8, 4) is 5.75 Å². The highest BCUT2D eigenvalue weighted by Crippen LogP contribution is 2.27. The zero-order valence-electron chi connectivity index (χ0n) is 11.0. The number of phenols is 1. The SMILES string of the molecule is Cc1ccc(CN2C(=O)c3ccc(O)cc3C2=O)cc1. The van der Waals surface area contributed by atoms with E-state index in [1.807, 2.05) is 31.2 Å². The Morgan fingerprint density at radius 1 is 0.950 bits per heavy atom. The molecule has 0 saturated carbocycles. The topological polar surface area (TPSA) is 57.6 Å². The van der Waals surface area contributed by atoms with Gasteiger partial charge in [0, 0.05) is 0 Å². The zero-order valence-corrected chi connectivity index (χ0v) is 11.0. The van der Waals surface area contributed by atoms with Crippen LogP contribution in [0.1, 0.15) is 31.8 Å². The first-order valence-electron chi connectivity index (χ1n) is 6.31. The van der Waals surface area contributed by atoms with Crippen LogP contribution in [-0.2, 0) is 6.54 Å². The molecule has 100 valence electrons. The zero-order chi connectivity index (χ0) is 14.3. The maximum absolute atomic E-state index is 12.2. The number of amides is 2. The molecule has 4 heteroatoms. The van der Waals surface area contributed by atoms with Crippen molar-refractivity contribution in [3.05, 3.63) is 64.7 Å². The van der Waals surface area contributed by atoms with Crippen LogP contribution < -0.4 is 0 Å². The molecule has 0 unspecified atom stereocenters. The summed E-state index contributed by atoms with van der Waals surface area (Å²) in [5, 5.41) is 9.42. The number of fused-ring (bicyclic) bond motifs is 1. The highest BCUT2D eigenvalue weighted by molar-refractivity contribution is 6.21. The number of nitrogens with zero attached hydrogens (tertiary/aromatic N) is 1. The summed E-state index contributed by atoms with van der Waals surface area (Å²) in [6, 6.07) is 11.9. The second-order valence-electron chi connectivity index (χ2n) is 4.91. The molecule has 2 aromatic carbocycles. The average Bonchev–Trinajstić information content (AvgIpc) is 2.66. The Kier molecular flexibility index (Phi) is 2.79. The number of benzene rings is 2. The third-order valence-corrected chi connectivity index (χ3v) is 3.42. The lowest BCUT2D eigenvalue weighted by atomic mass is 10.1. The van der Waals surface area contributed by atoms with Gasteiger partial charge < -0.3 is 5.11 Å². The van der Waals surface area contributed by atoms with Crippen molar-refractivity contribution in [2.75, 3.05) is 0 Å².